The molecular formula is C18H23F2IN6. The van der Waals surface area contributed by atoms with Crippen LogP contribution in [0.25, 0.3) is 0 Å². The van der Waals surface area contributed by atoms with Crippen molar-refractivity contribution >= 4 is 35.9 Å². The highest BCUT2D eigenvalue weighted by Crippen LogP contribution is 2.11. The molecule has 1 N–H and O–H groups in total. The normalized spacial score (nSPS) is 14.7. The monoisotopic (exact) mass is 488 g/mol. The third kappa shape index (κ3) is 5.72. The van der Waals surface area contributed by atoms with Crippen LogP contribution < -0.4 is 10.2 Å². The minimum atomic E-state index is -0.560. The zero-order valence-corrected chi connectivity index (χ0v) is 17.4. The summed E-state index contributed by atoms with van der Waals surface area (Å²) in [7, 11) is 1.73. The van der Waals surface area contributed by atoms with E-state index in [1.807, 2.05) is 0 Å². The number of rotatable bonds is 4. The first kappa shape index (κ1) is 21.3. The van der Waals surface area contributed by atoms with Gasteiger partial charge in [0.15, 0.2) is 5.96 Å². The Morgan fingerprint density at radius 2 is 1.85 bits per heavy atom. The lowest BCUT2D eigenvalue weighted by Gasteiger charge is -2.36. The van der Waals surface area contributed by atoms with Gasteiger partial charge in [-0.2, -0.15) is 0 Å². The number of aliphatic imine (C=N–C) groups is 1. The maximum atomic E-state index is 13.7. The Morgan fingerprint density at radius 3 is 2.48 bits per heavy atom. The second-order valence-electron chi connectivity index (χ2n) is 5.98. The summed E-state index contributed by atoms with van der Waals surface area (Å²) < 4.78 is 26.6. The van der Waals surface area contributed by atoms with E-state index in [1.165, 1.54) is 12.1 Å². The second-order valence-corrected chi connectivity index (χ2v) is 5.98. The summed E-state index contributed by atoms with van der Waals surface area (Å²) in [5, 5.41) is 3.25. The third-order valence-corrected chi connectivity index (χ3v) is 4.32. The van der Waals surface area contributed by atoms with Crippen molar-refractivity contribution in [2.75, 3.05) is 44.7 Å². The first-order valence-corrected chi connectivity index (χ1v) is 8.59. The molecule has 0 amide bonds. The van der Waals surface area contributed by atoms with Gasteiger partial charge in [-0.05, 0) is 24.1 Å². The predicted molar refractivity (Wildman–Crippen MR) is 113 cm³/mol. The molecule has 2 aromatic rings. The molecule has 1 fully saturated rings. The number of aromatic nitrogens is 2. The Labute approximate surface area is 174 Å². The molecule has 3 rings (SSSR count). The minimum absolute atomic E-state index is 0. The van der Waals surface area contributed by atoms with Gasteiger partial charge in [0.05, 0.1) is 0 Å². The lowest BCUT2D eigenvalue weighted by Crippen LogP contribution is -2.53. The fourth-order valence-corrected chi connectivity index (χ4v) is 2.94. The number of nitrogens with one attached hydrogen (secondary N) is 1. The Morgan fingerprint density at radius 1 is 1.15 bits per heavy atom. The van der Waals surface area contributed by atoms with Gasteiger partial charge in [-0.25, -0.2) is 18.7 Å². The Balaban J connectivity index is 0.00000261. The van der Waals surface area contributed by atoms with Crippen molar-refractivity contribution in [1.29, 1.82) is 0 Å². The van der Waals surface area contributed by atoms with Crippen LogP contribution in [0.3, 0.4) is 0 Å². The van der Waals surface area contributed by atoms with Gasteiger partial charge in [0.1, 0.15) is 11.6 Å². The number of piperazine rings is 1. The van der Waals surface area contributed by atoms with Crippen molar-refractivity contribution in [3.05, 3.63) is 53.9 Å². The zero-order chi connectivity index (χ0) is 18.4. The highest BCUT2D eigenvalue weighted by molar-refractivity contribution is 14.0. The molecule has 6 nitrogen and oxygen atoms in total. The van der Waals surface area contributed by atoms with E-state index in [9.17, 15) is 8.78 Å². The van der Waals surface area contributed by atoms with E-state index in [-0.39, 0.29) is 24.0 Å². The smallest absolute Gasteiger partial charge is 0.225 e. The molecule has 0 aliphatic carbocycles. The fraction of sp³-hybridized carbons (Fsp3) is 0.389. The fourth-order valence-electron chi connectivity index (χ4n) is 2.94. The SMILES string of the molecule is CN=C(NCCc1ccc(F)cc1F)N1CCN(c2ncccn2)CC1.I. The quantitative estimate of drug-likeness (QED) is 0.407. The Kier molecular flexibility index (Phi) is 8.14. The summed E-state index contributed by atoms with van der Waals surface area (Å²) in [4.78, 5) is 17.2. The van der Waals surface area contributed by atoms with Crippen LogP contribution in [0.5, 0.6) is 0 Å². The van der Waals surface area contributed by atoms with E-state index >= 15 is 0 Å². The van der Waals surface area contributed by atoms with E-state index in [4.69, 9.17) is 0 Å². The van der Waals surface area contributed by atoms with Gasteiger partial charge >= 0.3 is 0 Å². The van der Waals surface area contributed by atoms with E-state index < -0.39 is 11.6 Å². The highest BCUT2D eigenvalue weighted by atomic mass is 127. The average Bonchev–Trinajstić information content (AvgIpc) is 2.68. The number of anilines is 1. The van der Waals surface area contributed by atoms with Gasteiger partial charge in [-0.15, -0.1) is 24.0 Å². The van der Waals surface area contributed by atoms with Crippen LogP contribution in [-0.4, -0.2) is 60.6 Å². The Bertz CT molecular complexity index is 751. The molecule has 0 unspecified atom stereocenters. The van der Waals surface area contributed by atoms with E-state index in [0.717, 1.165) is 44.2 Å². The molecule has 0 radical (unpaired) electrons. The third-order valence-electron chi connectivity index (χ3n) is 4.32. The van der Waals surface area contributed by atoms with Crippen molar-refractivity contribution in [2.24, 2.45) is 4.99 Å². The average molecular weight is 488 g/mol. The molecule has 9 heteroatoms. The zero-order valence-electron chi connectivity index (χ0n) is 15.1. The highest BCUT2D eigenvalue weighted by Gasteiger charge is 2.20. The largest absolute Gasteiger partial charge is 0.356 e. The van der Waals surface area contributed by atoms with Gasteiger partial charge < -0.3 is 15.1 Å². The van der Waals surface area contributed by atoms with Crippen LogP contribution in [-0.2, 0) is 6.42 Å². The molecule has 1 saturated heterocycles. The van der Waals surface area contributed by atoms with Crippen LogP contribution in [0.15, 0.2) is 41.7 Å². The standard InChI is InChI=1S/C18H22F2N6.HI/c1-21-17(24-8-5-14-3-4-15(19)13-16(14)20)25-9-11-26(12-10-25)18-22-6-2-7-23-18;/h2-4,6-7,13H,5,8-12H2,1H3,(H,21,24);1H. The minimum Gasteiger partial charge on any atom is -0.356 e. The molecule has 0 spiro atoms. The van der Waals surface area contributed by atoms with Crippen LogP contribution in [0, 0.1) is 11.6 Å². The molecule has 0 bridgehead atoms. The topological polar surface area (TPSA) is 56.7 Å². The molecule has 1 aromatic heterocycles. The van der Waals surface area contributed by atoms with Crippen LogP contribution in [0.1, 0.15) is 5.56 Å². The summed E-state index contributed by atoms with van der Waals surface area (Å²) in [6.45, 7) is 3.72. The number of benzene rings is 1. The maximum absolute atomic E-state index is 13.7. The summed E-state index contributed by atoms with van der Waals surface area (Å²) in [5.74, 6) is 0.441. The molecule has 1 aliphatic rings. The first-order chi connectivity index (χ1) is 12.7. The molecule has 0 saturated carbocycles. The molecule has 1 aromatic carbocycles. The van der Waals surface area contributed by atoms with Crippen LogP contribution in [0.2, 0.25) is 0 Å². The van der Waals surface area contributed by atoms with Gasteiger partial charge in [-0.3, -0.25) is 4.99 Å². The van der Waals surface area contributed by atoms with Crippen LogP contribution in [0.4, 0.5) is 14.7 Å². The second kappa shape index (κ2) is 10.3. The summed E-state index contributed by atoms with van der Waals surface area (Å²) in [5.41, 5.74) is 0.486. The molecule has 27 heavy (non-hydrogen) atoms. The van der Waals surface area contributed by atoms with Crippen molar-refractivity contribution in [3.8, 4) is 0 Å². The lowest BCUT2D eigenvalue weighted by atomic mass is 10.1. The number of hydrogen-bond acceptors (Lipinski definition) is 4. The maximum Gasteiger partial charge on any atom is 0.225 e. The predicted octanol–water partition coefficient (Wildman–Crippen LogP) is 2.31. The van der Waals surface area contributed by atoms with Crippen molar-refractivity contribution in [3.63, 3.8) is 0 Å². The number of hydrogen-bond donors (Lipinski definition) is 1. The summed E-state index contributed by atoms with van der Waals surface area (Å²) >= 11 is 0. The molecule has 2 heterocycles. The lowest BCUT2D eigenvalue weighted by molar-refractivity contribution is 0.370. The molecule has 1 aliphatic heterocycles. The van der Waals surface area contributed by atoms with Gasteiger partial charge in [0.2, 0.25) is 5.95 Å². The molecule has 0 atom stereocenters. The Hall–Kier alpha value is -2.04. The van der Waals surface area contributed by atoms with Gasteiger partial charge in [0, 0.05) is 58.2 Å². The summed E-state index contributed by atoms with van der Waals surface area (Å²) in [6.07, 6.45) is 3.94. The van der Waals surface area contributed by atoms with Crippen molar-refractivity contribution in [1.82, 2.24) is 20.2 Å². The summed E-state index contributed by atoms with van der Waals surface area (Å²) in [6, 6.07) is 5.47. The number of halogens is 3. The van der Waals surface area contributed by atoms with Crippen molar-refractivity contribution < 1.29 is 8.78 Å². The van der Waals surface area contributed by atoms with E-state index in [0.29, 0.717) is 18.5 Å². The van der Waals surface area contributed by atoms with Gasteiger partial charge in [-0.1, -0.05) is 6.07 Å². The van der Waals surface area contributed by atoms with E-state index in [1.54, 1.807) is 25.5 Å². The molecular weight excluding hydrogens is 465 g/mol. The number of nitrogens with zero attached hydrogens (tertiary/aromatic N) is 5. The van der Waals surface area contributed by atoms with E-state index in [2.05, 4.69) is 30.1 Å². The van der Waals surface area contributed by atoms with Crippen LogP contribution >= 0.6 is 24.0 Å². The van der Waals surface area contributed by atoms with Crippen molar-refractivity contribution in [2.45, 2.75) is 6.42 Å². The molecule has 146 valence electrons. The first-order valence-electron chi connectivity index (χ1n) is 8.59. The van der Waals surface area contributed by atoms with Gasteiger partial charge in [0.25, 0.3) is 0 Å². The number of guanidine groups is 1.